The summed E-state index contributed by atoms with van der Waals surface area (Å²) < 4.78 is 12.5. The second kappa shape index (κ2) is 11.1. The van der Waals surface area contributed by atoms with Crippen molar-refractivity contribution in [3.63, 3.8) is 0 Å². The number of thiazole rings is 1. The number of aliphatic hydroxyl groups is 1. The number of aliphatic hydroxyl groups excluding tert-OH is 1. The number of amides is 1. The third kappa shape index (κ3) is 5.15. The summed E-state index contributed by atoms with van der Waals surface area (Å²) >= 11 is 7.32. The highest BCUT2D eigenvalue weighted by Crippen LogP contribution is 2.45. The first-order chi connectivity index (χ1) is 19.9. The molecule has 1 aliphatic heterocycles. The van der Waals surface area contributed by atoms with Gasteiger partial charge in [-0.25, -0.2) is 4.98 Å². The van der Waals surface area contributed by atoms with Gasteiger partial charge in [-0.15, -0.1) is 0 Å². The van der Waals surface area contributed by atoms with Gasteiger partial charge in [0.25, 0.3) is 5.78 Å². The first kappa shape index (κ1) is 26.6. The zero-order valence-electron chi connectivity index (χ0n) is 21.8. The Morgan fingerprint density at radius 1 is 0.927 bits per heavy atom. The fourth-order valence-electron chi connectivity index (χ4n) is 4.73. The van der Waals surface area contributed by atoms with Crippen molar-refractivity contribution in [2.75, 3.05) is 11.5 Å². The summed E-state index contributed by atoms with van der Waals surface area (Å²) in [6, 6.07) is 27.3. The van der Waals surface area contributed by atoms with Crippen molar-refractivity contribution in [3.8, 4) is 17.2 Å². The number of para-hydroxylation sites is 1. The first-order valence-corrected chi connectivity index (χ1v) is 14.1. The molecule has 0 saturated carbocycles. The van der Waals surface area contributed by atoms with Crippen molar-refractivity contribution < 1.29 is 24.2 Å². The van der Waals surface area contributed by atoms with Crippen molar-refractivity contribution in [2.24, 2.45) is 0 Å². The van der Waals surface area contributed by atoms with Gasteiger partial charge in [-0.05, 0) is 79.2 Å². The van der Waals surface area contributed by atoms with Gasteiger partial charge in [-0.2, -0.15) is 0 Å². The predicted octanol–water partition coefficient (Wildman–Crippen LogP) is 7.77. The van der Waals surface area contributed by atoms with E-state index in [2.05, 4.69) is 4.98 Å². The van der Waals surface area contributed by atoms with E-state index in [1.807, 2.05) is 55.5 Å². The smallest absolute Gasteiger partial charge is 0.301 e. The lowest BCUT2D eigenvalue weighted by atomic mass is 9.95. The molecule has 7 nitrogen and oxygen atoms in total. The fourth-order valence-corrected chi connectivity index (χ4v) is 5.88. The average Bonchev–Trinajstić information content (AvgIpc) is 3.51. The van der Waals surface area contributed by atoms with Crippen molar-refractivity contribution in [1.29, 1.82) is 0 Å². The van der Waals surface area contributed by atoms with Crippen LogP contribution in [-0.2, 0) is 9.59 Å². The number of benzene rings is 4. The fraction of sp³-hybridized carbons (Fsp3) is 0.0938. The number of ketones is 1. The molecule has 6 rings (SSSR count). The molecule has 9 heteroatoms. The van der Waals surface area contributed by atoms with Gasteiger partial charge in [0.15, 0.2) is 5.13 Å². The van der Waals surface area contributed by atoms with Gasteiger partial charge in [-0.3, -0.25) is 14.5 Å². The number of ether oxygens (including phenoxy) is 2. The van der Waals surface area contributed by atoms with Gasteiger partial charge in [0.05, 0.1) is 28.4 Å². The van der Waals surface area contributed by atoms with Crippen LogP contribution in [0.15, 0.2) is 103 Å². The van der Waals surface area contributed by atoms with Crippen LogP contribution in [0.1, 0.15) is 24.1 Å². The lowest BCUT2D eigenvalue weighted by Gasteiger charge is -2.23. The first-order valence-electron chi connectivity index (χ1n) is 12.9. The maximum atomic E-state index is 13.6. The van der Waals surface area contributed by atoms with Gasteiger partial charge >= 0.3 is 5.91 Å². The van der Waals surface area contributed by atoms with Crippen LogP contribution in [0.4, 0.5) is 5.13 Å². The van der Waals surface area contributed by atoms with Crippen LogP contribution in [0.5, 0.6) is 17.2 Å². The second-order valence-corrected chi connectivity index (χ2v) is 10.7. The molecule has 1 amide bonds. The topological polar surface area (TPSA) is 89.0 Å². The zero-order chi connectivity index (χ0) is 28.5. The Kier molecular flexibility index (Phi) is 7.17. The van der Waals surface area contributed by atoms with Crippen LogP contribution in [-0.4, -0.2) is 28.4 Å². The second-order valence-electron chi connectivity index (χ2n) is 9.22. The van der Waals surface area contributed by atoms with Crippen LogP contribution in [0.2, 0.25) is 5.02 Å². The quantitative estimate of drug-likeness (QED) is 0.120. The Labute approximate surface area is 244 Å². The summed E-state index contributed by atoms with van der Waals surface area (Å²) in [5, 5.41) is 12.2. The number of fused-ring (bicyclic) bond motifs is 1. The highest BCUT2D eigenvalue weighted by atomic mass is 35.5. The van der Waals surface area contributed by atoms with E-state index in [1.54, 1.807) is 48.5 Å². The predicted molar refractivity (Wildman–Crippen MR) is 160 cm³/mol. The summed E-state index contributed by atoms with van der Waals surface area (Å²) in [6.07, 6.45) is 0. The molecule has 0 spiro atoms. The van der Waals surface area contributed by atoms with E-state index in [9.17, 15) is 14.7 Å². The van der Waals surface area contributed by atoms with Gasteiger partial charge in [0.2, 0.25) is 0 Å². The monoisotopic (exact) mass is 582 g/mol. The molecule has 41 heavy (non-hydrogen) atoms. The SMILES string of the molecule is CCOc1ccc2nc(N3C(=O)C(=O)C(=C(O)c4ccc(Cl)cc4)C3c3cccc(Oc4ccccc4)c3)sc2c1. The van der Waals surface area contributed by atoms with Crippen molar-refractivity contribution >= 4 is 55.7 Å². The highest BCUT2D eigenvalue weighted by molar-refractivity contribution is 7.22. The van der Waals surface area contributed by atoms with Crippen LogP contribution >= 0.6 is 22.9 Å². The molecule has 0 bridgehead atoms. The third-order valence-corrected chi connectivity index (χ3v) is 7.85. The Morgan fingerprint density at radius 3 is 2.44 bits per heavy atom. The van der Waals surface area contributed by atoms with Gasteiger partial charge in [0, 0.05) is 10.6 Å². The van der Waals surface area contributed by atoms with Crippen molar-refractivity contribution in [3.05, 3.63) is 119 Å². The molecule has 4 aromatic carbocycles. The molecule has 1 fully saturated rings. The van der Waals surface area contributed by atoms with Crippen molar-refractivity contribution in [2.45, 2.75) is 13.0 Å². The third-order valence-electron chi connectivity index (χ3n) is 6.58. The molecule has 5 aromatic rings. The standard InChI is InChI=1S/C32H23ClN2O5S/c1-2-39-23-15-16-25-26(18-23)41-32(34-25)35-28(20-7-6-10-24(17-20)40-22-8-4-3-5-9-22)27(30(37)31(35)38)29(36)19-11-13-21(33)14-12-19/h3-18,28,36H,2H2,1H3. The zero-order valence-corrected chi connectivity index (χ0v) is 23.4. The number of Topliss-reactive ketones (excluding diaryl/α,β-unsaturated/α-hetero) is 1. The largest absolute Gasteiger partial charge is 0.507 e. The summed E-state index contributed by atoms with van der Waals surface area (Å²) in [5.41, 5.74) is 1.54. The van der Waals surface area contributed by atoms with E-state index >= 15 is 0 Å². The number of nitrogens with zero attached hydrogens (tertiary/aromatic N) is 2. The number of hydrogen-bond donors (Lipinski definition) is 1. The molecule has 1 aromatic heterocycles. The Balaban J connectivity index is 1.50. The lowest BCUT2D eigenvalue weighted by molar-refractivity contribution is -0.132. The van der Waals surface area contributed by atoms with E-state index in [0.717, 1.165) is 4.70 Å². The minimum Gasteiger partial charge on any atom is -0.507 e. The molecule has 1 atom stereocenters. The molecule has 1 N–H and O–H groups in total. The van der Waals surface area contributed by atoms with Gasteiger partial charge in [-0.1, -0.05) is 53.3 Å². The van der Waals surface area contributed by atoms with E-state index in [1.165, 1.54) is 16.2 Å². The van der Waals surface area contributed by atoms with E-state index in [4.69, 9.17) is 21.1 Å². The van der Waals surface area contributed by atoms with Crippen LogP contribution in [0.3, 0.4) is 0 Å². The molecule has 2 heterocycles. The van der Waals surface area contributed by atoms with Gasteiger partial charge < -0.3 is 14.6 Å². The van der Waals surface area contributed by atoms with E-state index in [0.29, 0.717) is 50.7 Å². The Hall–Kier alpha value is -4.66. The van der Waals surface area contributed by atoms with Gasteiger partial charge in [0.1, 0.15) is 23.0 Å². The molecule has 0 radical (unpaired) electrons. The molecular weight excluding hydrogens is 560 g/mol. The number of carbonyl (C=O) groups excluding carboxylic acids is 2. The number of carbonyl (C=O) groups is 2. The maximum Gasteiger partial charge on any atom is 0.301 e. The minimum atomic E-state index is -0.961. The lowest BCUT2D eigenvalue weighted by Crippen LogP contribution is -2.29. The molecule has 1 unspecified atom stereocenters. The number of aromatic nitrogens is 1. The summed E-state index contributed by atoms with van der Waals surface area (Å²) in [6.45, 7) is 2.41. The van der Waals surface area contributed by atoms with E-state index < -0.39 is 17.7 Å². The van der Waals surface area contributed by atoms with Crippen LogP contribution < -0.4 is 14.4 Å². The molecule has 1 saturated heterocycles. The van der Waals surface area contributed by atoms with Crippen LogP contribution in [0.25, 0.3) is 16.0 Å². The molecule has 1 aliphatic rings. The molecule has 204 valence electrons. The summed E-state index contributed by atoms with van der Waals surface area (Å²) in [5.74, 6) is -0.0772. The highest BCUT2D eigenvalue weighted by Gasteiger charge is 2.48. The summed E-state index contributed by atoms with van der Waals surface area (Å²) in [4.78, 5) is 33.2. The maximum absolute atomic E-state index is 13.6. The number of hydrogen-bond acceptors (Lipinski definition) is 7. The summed E-state index contributed by atoms with van der Waals surface area (Å²) in [7, 11) is 0. The normalized spacial score (nSPS) is 16.3. The average molecular weight is 583 g/mol. The number of anilines is 1. The molecule has 0 aliphatic carbocycles. The van der Waals surface area contributed by atoms with Crippen LogP contribution in [0, 0.1) is 0 Å². The minimum absolute atomic E-state index is 0.0524. The van der Waals surface area contributed by atoms with E-state index in [-0.39, 0.29) is 11.3 Å². The number of halogens is 1. The molecular formula is C32H23ClN2O5S. The Morgan fingerprint density at radius 2 is 1.68 bits per heavy atom. The Bertz CT molecular complexity index is 1800. The number of rotatable bonds is 7. The van der Waals surface area contributed by atoms with Crippen molar-refractivity contribution in [1.82, 2.24) is 4.98 Å².